The zero-order valence-corrected chi connectivity index (χ0v) is 7.70. The number of hydrogen-bond donors (Lipinski definition) is 0. The Balaban J connectivity index is 3.21. The second-order valence-electron chi connectivity index (χ2n) is 2.09. The van der Waals surface area contributed by atoms with Crippen LogP contribution < -0.4 is 10.2 Å². The summed E-state index contributed by atoms with van der Waals surface area (Å²) in [7, 11) is 3.38. The average molecular weight is 190 g/mol. The molecule has 5 heteroatoms. The number of halogens is 2. The van der Waals surface area contributed by atoms with Gasteiger partial charge in [0.2, 0.25) is 5.88 Å². The zero-order valence-electron chi connectivity index (χ0n) is 6.19. The van der Waals surface area contributed by atoms with E-state index < -0.39 is 0 Å². The molecule has 0 atom stereocenters. The normalized spacial score (nSPS) is 9.73. The van der Waals surface area contributed by atoms with Crippen LogP contribution in [-0.4, -0.2) is 19.9 Å². The molecule has 0 saturated heterocycles. The van der Waals surface area contributed by atoms with Gasteiger partial charge in [-0.25, -0.2) is 4.98 Å². The molecule has 0 radical (unpaired) electrons. The second-order valence-corrected chi connectivity index (χ2v) is 2.82. The summed E-state index contributed by atoms with van der Waals surface area (Å²) >= 11 is 11.4. The fourth-order valence-electron chi connectivity index (χ4n) is 0.694. The lowest BCUT2D eigenvalue weighted by Gasteiger charge is -2.03. The molecular formula is C6H6BCl2NO. The van der Waals surface area contributed by atoms with E-state index in [4.69, 9.17) is 27.9 Å². The van der Waals surface area contributed by atoms with Gasteiger partial charge in [-0.15, -0.1) is 0 Å². The van der Waals surface area contributed by atoms with Crippen LogP contribution in [0.15, 0.2) is 6.07 Å². The smallest absolute Gasteiger partial charge is 0.213 e. The maximum atomic E-state index is 5.76. The van der Waals surface area contributed by atoms with E-state index in [-0.39, 0.29) is 5.15 Å². The highest BCUT2D eigenvalue weighted by atomic mass is 35.5. The van der Waals surface area contributed by atoms with E-state index in [0.717, 1.165) is 5.46 Å². The highest BCUT2D eigenvalue weighted by Gasteiger charge is 2.04. The van der Waals surface area contributed by atoms with Gasteiger partial charge in [0, 0.05) is 0 Å². The van der Waals surface area contributed by atoms with Crippen LogP contribution in [0.25, 0.3) is 0 Å². The Hall–Kier alpha value is -0.405. The van der Waals surface area contributed by atoms with Crippen molar-refractivity contribution in [3.05, 3.63) is 16.2 Å². The molecule has 0 aliphatic heterocycles. The molecule has 11 heavy (non-hydrogen) atoms. The molecule has 0 unspecified atom stereocenters. The minimum Gasteiger partial charge on any atom is -0.481 e. The summed E-state index contributed by atoms with van der Waals surface area (Å²) in [5.41, 5.74) is 0.864. The lowest BCUT2D eigenvalue weighted by Crippen LogP contribution is -2.06. The van der Waals surface area contributed by atoms with E-state index in [2.05, 4.69) is 4.98 Å². The van der Waals surface area contributed by atoms with Gasteiger partial charge in [-0.05, 0) is 6.07 Å². The molecule has 0 N–H and O–H groups in total. The average Bonchev–Trinajstić information content (AvgIpc) is 1.99. The first-order valence-electron chi connectivity index (χ1n) is 3.01. The molecule has 0 amide bonds. The predicted octanol–water partition coefficient (Wildman–Crippen LogP) is 0.655. The van der Waals surface area contributed by atoms with Crippen LogP contribution in [0.3, 0.4) is 0 Å². The molecule has 58 valence electrons. The van der Waals surface area contributed by atoms with Crippen LogP contribution >= 0.6 is 23.2 Å². The third kappa shape index (κ3) is 1.79. The summed E-state index contributed by atoms with van der Waals surface area (Å²) in [4.78, 5) is 3.86. The number of nitrogens with zero attached hydrogens (tertiary/aromatic N) is 1. The topological polar surface area (TPSA) is 22.1 Å². The van der Waals surface area contributed by atoms with Crippen molar-refractivity contribution < 1.29 is 4.74 Å². The Morgan fingerprint density at radius 2 is 2.18 bits per heavy atom. The number of pyridine rings is 1. The van der Waals surface area contributed by atoms with Gasteiger partial charge in [-0.3, -0.25) is 0 Å². The summed E-state index contributed by atoms with van der Waals surface area (Å²) in [6, 6.07) is 1.73. The van der Waals surface area contributed by atoms with Crippen LogP contribution in [0.4, 0.5) is 0 Å². The Labute approximate surface area is 75.9 Å². The molecule has 1 aromatic heterocycles. The van der Waals surface area contributed by atoms with Gasteiger partial charge in [0.25, 0.3) is 0 Å². The monoisotopic (exact) mass is 189 g/mol. The van der Waals surface area contributed by atoms with E-state index >= 15 is 0 Å². The van der Waals surface area contributed by atoms with Crippen LogP contribution in [0.1, 0.15) is 0 Å². The second kappa shape index (κ2) is 3.33. The number of aromatic nitrogens is 1. The van der Waals surface area contributed by atoms with Gasteiger partial charge in [0.15, 0.2) is 5.15 Å². The molecule has 0 bridgehead atoms. The lowest BCUT2D eigenvalue weighted by atomic mass is 9.98. The maximum absolute atomic E-state index is 5.76. The van der Waals surface area contributed by atoms with E-state index in [1.165, 1.54) is 7.11 Å². The quantitative estimate of drug-likeness (QED) is 0.479. The molecule has 0 aliphatic rings. The Kier molecular flexibility index (Phi) is 2.63. The fraction of sp³-hybridized carbons (Fsp3) is 0.167. The molecule has 0 aromatic carbocycles. The third-order valence-corrected chi connectivity index (χ3v) is 2.13. The van der Waals surface area contributed by atoms with Crippen molar-refractivity contribution in [3.8, 4) is 5.88 Å². The molecule has 1 aromatic rings. The molecule has 0 saturated carbocycles. The van der Waals surface area contributed by atoms with Crippen molar-refractivity contribution in [2.75, 3.05) is 7.11 Å². The summed E-state index contributed by atoms with van der Waals surface area (Å²) in [5, 5.41) is 0.760. The van der Waals surface area contributed by atoms with Crippen LogP contribution in [0, 0.1) is 0 Å². The first kappa shape index (κ1) is 8.69. The Morgan fingerprint density at radius 3 is 2.64 bits per heavy atom. The highest BCUT2D eigenvalue weighted by Crippen LogP contribution is 2.19. The summed E-state index contributed by atoms with van der Waals surface area (Å²) < 4.78 is 4.88. The standard InChI is InChI=1S/C6H6BCl2NO/c1-11-4-2-3(7)5(8)6(9)10-4/h2H,7H2,1H3. The zero-order chi connectivity index (χ0) is 8.43. The minimum atomic E-state index is 0.281. The lowest BCUT2D eigenvalue weighted by molar-refractivity contribution is 0.398. The van der Waals surface area contributed by atoms with Gasteiger partial charge in [-0.1, -0.05) is 28.7 Å². The molecular weight excluding hydrogens is 184 g/mol. The van der Waals surface area contributed by atoms with E-state index in [9.17, 15) is 0 Å². The molecule has 0 aliphatic carbocycles. The van der Waals surface area contributed by atoms with E-state index in [1.807, 2.05) is 7.85 Å². The molecule has 1 rings (SSSR count). The SMILES string of the molecule is Bc1cc(OC)nc(Cl)c1Cl. The van der Waals surface area contributed by atoms with Gasteiger partial charge in [-0.2, -0.15) is 0 Å². The molecule has 1 heterocycles. The first-order valence-corrected chi connectivity index (χ1v) is 3.77. The van der Waals surface area contributed by atoms with Crippen molar-refractivity contribution in [2.45, 2.75) is 0 Å². The van der Waals surface area contributed by atoms with Crippen LogP contribution in [-0.2, 0) is 0 Å². The van der Waals surface area contributed by atoms with Crippen LogP contribution in [0.5, 0.6) is 5.88 Å². The third-order valence-electron chi connectivity index (χ3n) is 1.28. The van der Waals surface area contributed by atoms with Gasteiger partial charge in [0.1, 0.15) is 7.85 Å². The summed E-state index contributed by atoms with van der Waals surface area (Å²) in [6.07, 6.45) is 0. The van der Waals surface area contributed by atoms with Crippen molar-refractivity contribution >= 4 is 36.5 Å². The van der Waals surface area contributed by atoms with Crippen molar-refractivity contribution in [2.24, 2.45) is 0 Å². The van der Waals surface area contributed by atoms with Crippen molar-refractivity contribution in [1.29, 1.82) is 0 Å². The number of rotatable bonds is 1. The molecule has 2 nitrogen and oxygen atoms in total. The Bertz CT molecular complexity index is 256. The largest absolute Gasteiger partial charge is 0.481 e. The van der Waals surface area contributed by atoms with Crippen LogP contribution in [0.2, 0.25) is 10.2 Å². The highest BCUT2D eigenvalue weighted by molar-refractivity contribution is 6.49. The van der Waals surface area contributed by atoms with E-state index in [1.54, 1.807) is 6.07 Å². The van der Waals surface area contributed by atoms with Crippen molar-refractivity contribution in [3.63, 3.8) is 0 Å². The molecule has 0 spiro atoms. The summed E-state index contributed by atoms with van der Waals surface area (Å²) in [5.74, 6) is 0.483. The van der Waals surface area contributed by atoms with E-state index in [0.29, 0.717) is 10.9 Å². The Morgan fingerprint density at radius 1 is 1.55 bits per heavy atom. The van der Waals surface area contributed by atoms with Gasteiger partial charge < -0.3 is 4.74 Å². The minimum absolute atomic E-state index is 0.281. The number of methoxy groups -OCH3 is 1. The maximum Gasteiger partial charge on any atom is 0.213 e. The predicted molar refractivity (Wildman–Crippen MR) is 49.0 cm³/mol. The fourth-order valence-corrected chi connectivity index (χ4v) is 1.02. The summed E-state index contributed by atoms with van der Waals surface area (Å²) in [6.45, 7) is 0. The first-order chi connectivity index (χ1) is 5.15. The van der Waals surface area contributed by atoms with Gasteiger partial charge >= 0.3 is 0 Å². The number of hydrogen-bond acceptors (Lipinski definition) is 2. The molecule has 0 fully saturated rings. The van der Waals surface area contributed by atoms with Crippen molar-refractivity contribution in [1.82, 2.24) is 4.98 Å². The number of ether oxygens (including phenoxy) is 1. The van der Waals surface area contributed by atoms with Gasteiger partial charge in [0.05, 0.1) is 12.1 Å².